The Morgan fingerprint density at radius 1 is 1.07 bits per heavy atom. The molecule has 0 atom stereocenters. The summed E-state index contributed by atoms with van der Waals surface area (Å²) in [6.07, 6.45) is 4.56. The zero-order valence-corrected chi connectivity index (χ0v) is 16.3. The number of thiocarbonyl (C=S) groups is 1. The molecule has 0 unspecified atom stereocenters. The first kappa shape index (κ1) is 18.6. The first-order chi connectivity index (χ1) is 13.7. The Labute approximate surface area is 169 Å². The van der Waals surface area contributed by atoms with E-state index in [-0.39, 0.29) is 5.82 Å². The number of rotatable bonds is 4. The van der Waals surface area contributed by atoms with Gasteiger partial charge in [0.1, 0.15) is 11.6 Å². The van der Waals surface area contributed by atoms with Crippen LogP contribution >= 0.6 is 12.2 Å². The number of nitrogens with zero attached hydrogens (tertiary/aromatic N) is 3. The first-order valence-electron chi connectivity index (χ1n) is 9.51. The maximum Gasteiger partial charge on any atom is 0.171 e. The number of hydrogen-bond donors (Lipinski definition) is 2. The van der Waals surface area contributed by atoms with E-state index in [9.17, 15) is 4.39 Å². The summed E-state index contributed by atoms with van der Waals surface area (Å²) in [7, 11) is 0. The van der Waals surface area contributed by atoms with Crippen LogP contribution in [-0.2, 0) is 19.5 Å². The Bertz CT molecular complexity index is 967. The highest BCUT2D eigenvalue weighted by Crippen LogP contribution is 2.24. The van der Waals surface area contributed by atoms with Crippen molar-refractivity contribution in [1.82, 2.24) is 20.1 Å². The summed E-state index contributed by atoms with van der Waals surface area (Å²) >= 11 is 5.39. The molecule has 1 aliphatic heterocycles. The van der Waals surface area contributed by atoms with Crippen LogP contribution in [0.2, 0.25) is 0 Å². The standard InChI is InChI=1S/C21H22FN5S/c22-17-10-8-15(9-11-17)14-23-21(28)24-18-6-4-5-16(13-18)20-26-25-19-7-2-1-3-12-27(19)20/h4-6,8-11,13H,1-3,7,12,14H2,(H2,23,24,28). The number of fused-ring (bicyclic) bond motifs is 1. The van der Waals surface area contributed by atoms with Crippen LogP contribution in [0.1, 0.15) is 30.7 Å². The quantitative estimate of drug-likeness (QED) is 0.645. The maximum absolute atomic E-state index is 13.0. The lowest BCUT2D eigenvalue weighted by Gasteiger charge is -2.12. The summed E-state index contributed by atoms with van der Waals surface area (Å²) < 4.78 is 15.2. The monoisotopic (exact) mass is 395 g/mol. The molecule has 0 amide bonds. The van der Waals surface area contributed by atoms with Gasteiger partial charge in [-0.3, -0.25) is 0 Å². The van der Waals surface area contributed by atoms with E-state index >= 15 is 0 Å². The van der Waals surface area contributed by atoms with Gasteiger partial charge in [-0.15, -0.1) is 10.2 Å². The van der Waals surface area contributed by atoms with Crippen molar-refractivity contribution < 1.29 is 4.39 Å². The molecule has 2 aromatic carbocycles. The fourth-order valence-electron chi connectivity index (χ4n) is 3.39. The van der Waals surface area contributed by atoms with E-state index in [2.05, 4.69) is 25.4 Å². The molecule has 1 aromatic heterocycles. The molecular formula is C21H22FN5S. The van der Waals surface area contributed by atoms with E-state index in [0.29, 0.717) is 11.7 Å². The molecule has 0 bridgehead atoms. The van der Waals surface area contributed by atoms with Gasteiger partial charge in [0, 0.05) is 30.8 Å². The summed E-state index contributed by atoms with van der Waals surface area (Å²) in [6.45, 7) is 1.50. The van der Waals surface area contributed by atoms with Gasteiger partial charge in [0.25, 0.3) is 0 Å². The Hall–Kier alpha value is -2.80. The van der Waals surface area contributed by atoms with Gasteiger partial charge in [-0.05, 0) is 54.9 Å². The lowest BCUT2D eigenvalue weighted by molar-refractivity contribution is 0.627. The highest BCUT2D eigenvalue weighted by atomic mass is 32.1. The second kappa shape index (κ2) is 8.48. The average Bonchev–Trinajstić information content (AvgIpc) is 2.96. The summed E-state index contributed by atoms with van der Waals surface area (Å²) in [5.41, 5.74) is 2.87. The Balaban J connectivity index is 1.43. The highest BCUT2D eigenvalue weighted by molar-refractivity contribution is 7.80. The molecule has 144 valence electrons. The molecule has 1 aliphatic rings. The smallest absolute Gasteiger partial charge is 0.171 e. The van der Waals surface area contributed by atoms with E-state index in [1.807, 2.05) is 24.3 Å². The Morgan fingerprint density at radius 2 is 1.93 bits per heavy atom. The number of hydrogen-bond acceptors (Lipinski definition) is 3. The van der Waals surface area contributed by atoms with Crippen molar-refractivity contribution in [3.05, 3.63) is 65.7 Å². The number of benzene rings is 2. The largest absolute Gasteiger partial charge is 0.358 e. The third kappa shape index (κ3) is 4.36. The van der Waals surface area contributed by atoms with Crippen molar-refractivity contribution in [3.8, 4) is 11.4 Å². The molecule has 28 heavy (non-hydrogen) atoms. The lowest BCUT2D eigenvalue weighted by atomic mass is 10.2. The molecule has 4 rings (SSSR count). The van der Waals surface area contributed by atoms with Gasteiger partial charge in [0.15, 0.2) is 10.9 Å². The van der Waals surface area contributed by atoms with Gasteiger partial charge in [0.05, 0.1) is 0 Å². The van der Waals surface area contributed by atoms with Gasteiger partial charge in [-0.2, -0.15) is 0 Å². The third-order valence-electron chi connectivity index (χ3n) is 4.85. The van der Waals surface area contributed by atoms with Crippen molar-refractivity contribution in [3.63, 3.8) is 0 Å². The minimum atomic E-state index is -0.243. The molecule has 0 aliphatic carbocycles. The molecule has 7 heteroatoms. The zero-order chi connectivity index (χ0) is 19.3. The minimum Gasteiger partial charge on any atom is -0.358 e. The molecule has 5 nitrogen and oxygen atoms in total. The van der Waals surface area contributed by atoms with Crippen LogP contribution in [-0.4, -0.2) is 19.9 Å². The predicted octanol–water partition coefficient (Wildman–Crippen LogP) is 4.30. The van der Waals surface area contributed by atoms with Crippen LogP contribution in [0.25, 0.3) is 11.4 Å². The molecular weight excluding hydrogens is 373 g/mol. The van der Waals surface area contributed by atoms with Crippen molar-refractivity contribution in [2.75, 3.05) is 5.32 Å². The van der Waals surface area contributed by atoms with Crippen molar-refractivity contribution in [2.45, 2.75) is 38.8 Å². The number of aromatic nitrogens is 3. The molecule has 0 spiro atoms. The number of nitrogens with one attached hydrogen (secondary N) is 2. The topological polar surface area (TPSA) is 54.8 Å². The van der Waals surface area contributed by atoms with Gasteiger partial charge < -0.3 is 15.2 Å². The van der Waals surface area contributed by atoms with Crippen LogP contribution in [0.5, 0.6) is 0 Å². The van der Waals surface area contributed by atoms with E-state index < -0.39 is 0 Å². The van der Waals surface area contributed by atoms with Gasteiger partial charge in [-0.1, -0.05) is 30.7 Å². The highest BCUT2D eigenvalue weighted by Gasteiger charge is 2.16. The Morgan fingerprint density at radius 3 is 2.79 bits per heavy atom. The van der Waals surface area contributed by atoms with Crippen LogP contribution < -0.4 is 10.6 Å². The van der Waals surface area contributed by atoms with Crippen molar-refractivity contribution >= 4 is 23.0 Å². The van der Waals surface area contributed by atoms with E-state index in [0.717, 1.165) is 47.8 Å². The van der Waals surface area contributed by atoms with Gasteiger partial charge in [0.2, 0.25) is 0 Å². The fraction of sp³-hybridized carbons (Fsp3) is 0.286. The third-order valence-corrected chi connectivity index (χ3v) is 5.10. The number of halogens is 1. The summed E-state index contributed by atoms with van der Waals surface area (Å²) in [5, 5.41) is 15.7. The van der Waals surface area contributed by atoms with Crippen LogP contribution in [0.4, 0.5) is 10.1 Å². The maximum atomic E-state index is 13.0. The second-order valence-electron chi connectivity index (χ2n) is 6.92. The van der Waals surface area contributed by atoms with Crippen LogP contribution in [0, 0.1) is 5.82 Å². The van der Waals surface area contributed by atoms with Gasteiger partial charge in [-0.25, -0.2) is 4.39 Å². The summed E-state index contributed by atoms with van der Waals surface area (Å²) in [5.74, 6) is 1.74. The minimum absolute atomic E-state index is 0.243. The fourth-order valence-corrected chi connectivity index (χ4v) is 3.58. The molecule has 3 aromatic rings. The normalized spacial score (nSPS) is 13.5. The predicted molar refractivity (Wildman–Crippen MR) is 112 cm³/mol. The molecule has 2 heterocycles. The molecule has 2 N–H and O–H groups in total. The lowest BCUT2D eigenvalue weighted by Crippen LogP contribution is -2.27. The number of anilines is 1. The SMILES string of the molecule is Fc1ccc(CNC(=S)Nc2cccc(-c3nnc4n3CCCCC4)c2)cc1. The van der Waals surface area contributed by atoms with Crippen molar-refractivity contribution in [1.29, 1.82) is 0 Å². The first-order valence-corrected chi connectivity index (χ1v) is 9.92. The Kier molecular flexibility index (Phi) is 5.62. The van der Waals surface area contributed by atoms with Gasteiger partial charge >= 0.3 is 0 Å². The molecule has 0 fully saturated rings. The number of aryl methyl sites for hydroxylation is 1. The van der Waals surface area contributed by atoms with E-state index in [4.69, 9.17) is 12.2 Å². The molecule has 0 saturated carbocycles. The van der Waals surface area contributed by atoms with E-state index in [1.54, 1.807) is 12.1 Å². The second-order valence-corrected chi connectivity index (χ2v) is 7.33. The molecule has 0 radical (unpaired) electrons. The zero-order valence-electron chi connectivity index (χ0n) is 15.5. The van der Waals surface area contributed by atoms with Crippen LogP contribution in [0.3, 0.4) is 0 Å². The summed E-state index contributed by atoms with van der Waals surface area (Å²) in [4.78, 5) is 0. The van der Waals surface area contributed by atoms with Crippen molar-refractivity contribution in [2.24, 2.45) is 0 Å². The van der Waals surface area contributed by atoms with Crippen LogP contribution in [0.15, 0.2) is 48.5 Å². The summed E-state index contributed by atoms with van der Waals surface area (Å²) in [6, 6.07) is 14.4. The molecule has 0 saturated heterocycles. The average molecular weight is 396 g/mol. The van der Waals surface area contributed by atoms with E-state index in [1.165, 1.54) is 25.0 Å².